The van der Waals surface area contributed by atoms with E-state index in [1.807, 2.05) is 0 Å². The Hall–Kier alpha value is 0.542. The monoisotopic (exact) mass is 298 g/mol. The van der Waals surface area contributed by atoms with Crippen LogP contribution in [0.4, 0.5) is 0 Å². The summed E-state index contributed by atoms with van der Waals surface area (Å²) < 4.78 is 4.91. The summed E-state index contributed by atoms with van der Waals surface area (Å²) in [6, 6.07) is 6.85. The second-order valence-corrected chi connectivity index (χ2v) is 2.40. The molecule has 1 rings (SSSR count). The molecule has 0 aliphatic rings. The minimum absolute atomic E-state index is 0. The number of carboxylic acids is 1. The predicted molar refractivity (Wildman–Crippen MR) is 41.7 cm³/mol. The van der Waals surface area contributed by atoms with Crippen LogP contribution < -0.4 is 78.7 Å². The van der Waals surface area contributed by atoms with Gasteiger partial charge in [0.25, 0.3) is 0 Å². The molecule has 0 aromatic heterocycles. The zero-order valence-corrected chi connectivity index (χ0v) is 14.0. The van der Waals surface area contributed by atoms with E-state index in [-0.39, 0.29) is 75.3 Å². The van der Waals surface area contributed by atoms with E-state index in [0.717, 1.165) is 11.3 Å². The molecule has 64 valence electrons. The molecule has 0 spiro atoms. The first-order chi connectivity index (χ1) is 5.72. The van der Waals surface area contributed by atoms with Crippen LogP contribution in [0.5, 0.6) is 5.75 Å². The smallest absolute Gasteiger partial charge is 0.550 e. The first-order valence-electron chi connectivity index (χ1n) is 3.55. The third-order valence-corrected chi connectivity index (χ3v) is 1.51. The summed E-state index contributed by atoms with van der Waals surface area (Å²) in [5.74, 6) is -0.350. The van der Waals surface area contributed by atoms with Crippen LogP contribution in [-0.4, -0.2) is 13.1 Å². The first-order valence-corrected chi connectivity index (χ1v) is 3.55. The average molecular weight is 298 g/mol. The summed E-state index contributed by atoms with van der Waals surface area (Å²) in [5, 5.41) is 10.2. The Morgan fingerprint density at radius 2 is 1.92 bits per heavy atom. The Balaban J connectivity index is 0.00000144. The maximum Gasteiger partial charge on any atom is 1.00 e. The van der Waals surface area contributed by atoms with Crippen LogP contribution in [0.25, 0.3) is 0 Å². The van der Waals surface area contributed by atoms with Gasteiger partial charge in [-0.05, 0) is 17.7 Å². The molecule has 0 aliphatic heterocycles. The first kappa shape index (κ1) is 13.5. The standard InChI is InChI=1S/C9H10O3.Cs/c1-12-8-4-2-7(3-5-8)6-9(10)11;/h2-5H,6H2,1H3,(H,10,11);/q;+1/p-1. The van der Waals surface area contributed by atoms with Gasteiger partial charge in [-0.1, -0.05) is 12.1 Å². The van der Waals surface area contributed by atoms with Gasteiger partial charge in [0.2, 0.25) is 0 Å². The summed E-state index contributed by atoms with van der Waals surface area (Å²) in [7, 11) is 1.56. The maximum absolute atomic E-state index is 10.2. The molecule has 0 bridgehead atoms. The van der Waals surface area contributed by atoms with Crippen molar-refractivity contribution in [3.05, 3.63) is 29.8 Å². The second kappa shape index (κ2) is 6.92. The Labute approximate surface area is 136 Å². The number of carboxylic acid groups (broad SMARTS) is 1. The van der Waals surface area contributed by atoms with Gasteiger partial charge in [-0.15, -0.1) is 0 Å². The van der Waals surface area contributed by atoms with Crippen molar-refractivity contribution in [3.63, 3.8) is 0 Å². The van der Waals surface area contributed by atoms with Crippen molar-refractivity contribution in [1.82, 2.24) is 0 Å². The van der Waals surface area contributed by atoms with E-state index in [9.17, 15) is 9.90 Å². The molecule has 13 heavy (non-hydrogen) atoms. The molecule has 1 aromatic rings. The number of carbonyl (C=O) groups excluding carboxylic acids is 1. The van der Waals surface area contributed by atoms with Gasteiger partial charge in [-0.3, -0.25) is 0 Å². The number of ether oxygens (including phenoxy) is 1. The van der Waals surface area contributed by atoms with Crippen LogP contribution in [0, 0.1) is 0 Å². The Kier molecular flexibility index (Phi) is 7.21. The fourth-order valence-electron chi connectivity index (χ4n) is 0.910. The zero-order chi connectivity index (χ0) is 8.97. The number of hydrogen-bond acceptors (Lipinski definition) is 3. The Morgan fingerprint density at radius 1 is 1.38 bits per heavy atom. The van der Waals surface area contributed by atoms with E-state index in [1.165, 1.54) is 0 Å². The number of carbonyl (C=O) groups is 1. The van der Waals surface area contributed by atoms with Crippen LogP contribution in [0.3, 0.4) is 0 Å². The normalized spacial score (nSPS) is 8.69. The molecule has 0 saturated heterocycles. The van der Waals surface area contributed by atoms with Gasteiger partial charge in [0, 0.05) is 12.4 Å². The molecule has 0 saturated carbocycles. The summed E-state index contributed by atoms with van der Waals surface area (Å²) >= 11 is 0. The molecule has 1 aromatic carbocycles. The van der Waals surface area contributed by atoms with Crippen LogP contribution in [-0.2, 0) is 11.2 Å². The molecular formula is C9H9CsO3. The van der Waals surface area contributed by atoms with Crippen molar-refractivity contribution in [2.75, 3.05) is 7.11 Å². The van der Waals surface area contributed by atoms with E-state index in [2.05, 4.69) is 0 Å². The Bertz CT molecular complexity index is 269. The van der Waals surface area contributed by atoms with Gasteiger partial charge in [-0.25, -0.2) is 0 Å². The van der Waals surface area contributed by atoms with Crippen molar-refractivity contribution in [2.45, 2.75) is 6.42 Å². The summed E-state index contributed by atoms with van der Waals surface area (Å²) in [5.41, 5.74) is 0.718. The van der Waals surface area contributed by atoms with Crippen molar-refractivity contribution < 1.29 is 83.5 Å². The number of benzene rings is 1. The van der Waals surface area contributed by atoms with Crippen molar-refractivity contribution >= 4 is 5.97 Å². The summed E-state index contributed by atoms with van der Waals surface area (Å²) in [4.78, 5) is 10.2. The fourth-order valence-corrected chi connectivity index (χ4v) is 0.910. The molecule has 0 heterocycles. The molecule has 4 heteroatoms. The molecule has 3 nitrogen and oxygen atoms in total. The van der Waals surface area contributed by atoms with Crippen molar-refractivity contribution in [2.24, 2.45) is 0 Å². The molecule has 0 unspecified atom stereocenters. The molecule has 0 amide bonds. The fraction of sp³-hybridized carbons (Fsp3) is 0.222. The van der Waals surface area contributed by atoms with Gasteiger partial charge in [0.1, 0.15) is 5.75 Å². The van der Waals surface area contributed by atoms with Crippen LogP contribution in [0.2, 0.25) is 0 Å². The molecule has 0 atom stereocenters. The molecular weight excluding hydrogens is 289 g/mol. The average Bonchev–Trinajstić information content (AvgIpc) is 2.05. The van der Waals surface area contributed by atoms with Crippen LogP contribution in [0.1, 0.15) is 5.56 Å². The van der Waals surface area contributed by atoms with Crippen LogP contribution in [0.15, 0.2) is 24.3 Å². The SMILES string of the molecule is COc1ccc(CC(=O)[O-])cc1.[Cs+]. The van der Waals surface area contributed by atoms with Crippen molar-refractivity contribution in [1.29, 1.82) is 0 Å². The number of methoxy groups -OCH3 is 1. The van der Waals surface area contributed by atoms with Crippen molar-refractivity contribution in [3.8, 4) is 5.75 Å². The largest absolute Gasteiger partial charge is 1.00 e. The molecule has 0 radical (unpaired) electrons. The van der Waals surface area contributed by atoms with Crippen LogP contribution >= 0.6 is 0 Å². The zero-order valence-electron chi connectivity index (χ0n) is 7.74. The van der Waals surface area contributed by atoms with E-state index in [0.29, 0.717) is 0 Å². The maximum atomic E-state index is 10.2. The van der Waals surface area contributed by atoms with Gasteiger partial charge in [-0.2, -0.15) is 0 Å². The van der Waals surface area contributed by atoms with E-state index >= 15 is 0 Å². The minimum Gasteiger partial charge on any atom is -0.550 e. The topological polar surface area (TPSA) is 49.4 Å². The molecule has 0 aliphatic carbocycles. The summed E-state index contributed by atoms with van der Waals surface area (Å²) in [6.45, 7) is 0. The van der Waals surface area contributed by atoms with E-state index in [1.54, 1.807) is 31.4 Å². The second-order valence-electron chi connectivity index (χ2n) is 2.40. The van der Waals surface area contributed by atoms with E-state index < -0.39 is 5.97 Å². The van der Waals surface area contributed by atoms with Gasteiger partial charge in [0.05, 0.1) is 7.11 Å². The molecule has 0 N–H and O–H groups in total. The third kappa shape index (κ3) is 5.09. The Morgan fingerprint density at radius 3 is 2.31 bits per heavy atom. The predicted octanol–water partition coefficient (Wildman–Crippen LogP) is -3.01. The van der Waals surface area contributed by atoms with Gasteiger partial charge < -0.3 is 14.6 Å². The third-order valence-electron chi connectivity index (χ3n) is 1.51. The number of aliphatic carboxylic acids is 1. The van der Waals surface area contributed by atoms with Gasteiger partial charge in [0.15, 0.2) is 0 Å². The molecule has 0 fully saturated rings. The van der Waals surface area contributed by atoms with E-state index in [4.69, 9.17) is 4.74 Å². The number of rotatable bonds is 3. The van der Waals surface area contributed by atoms with Gasteiger partial charge >= 0.3 is 68.9 Å². The summed E-state index contributed by atoms with van der Waals surface area (Å²) in [6.07, 6.45) is -0.0516. The number of hydrogen-bond donors (Lipinski definition) is 0. The quantitative estimate of drug-likeness (QED) is 0.597. The minimum atomic E-state index is -1.07.